The number of ether oxygens (including phenoxy) is 1. The summed E-state index contributed by atoms with van der Waals surface area (Å²) in [7, 11) is 0. The Bertz CT molecular complexity index is 650. The van der Waals surface area contributed by atoms with Crippen molar-refractivity contribution in [2.24, 2.45) is 0 Å². The van der Waals surface area contributed by atoms with Gasteiger partial charge in [-0.3, -0.25) is 0 Å². The molecule has 1 saturated carbocycles. The maximum atomic E-state index is 13.9. The predicted octanol–water partition coefficient (Wildman–Crippen LogP) is 5.48. The van der Waals surface area contributed by atoms with E-state index in [-0.39, 0.29) is 12.4 Å². The minimum Gasteiger partial charge on any atom is -0.488 e. The third-order valence-electron chi connectivity index (χ3n) is 4.59. The molecule has 1 N–H and O–H groups in total. The van der Waals surface area contributed by atoms with Crippen LogP contribution in [0.3, 0.4) is 0 Å². The monoisotopic (exact) mass is 347 g/mol. The summed E-state index contributed by atoms with van der Waals surface area (Å²) < 4.78 is 19.7. The molecule has 0 aromatic heterocycles. The first-order chi connectivity index (χ1) is 11.7. The van der Waals surface area contributed by atoms with Gasteiger partial charge in [-0.05, 0) is 31.0 Å². The summed E-state index contributed by atoms with van der Waals surface area (Å²) in [5.41, 5.74) is 1.49. The van der Waals surface area contributed by atoms with Crippen molar-refractivity contribution in [2.45, 2.75) is 51.3 Å². The third-order valence-corrected chi connectivity index (χ3v) is 4.95. The summed E-state index contributed by atoms with van der Waals surface area (Å²) in [4.78, 5) is 0. The molecule has 24 heavy (non-hydrogen) atoms. The van der Waals surface area contributed by atoms with Gasteiger partial charge in [0.25, 0.3) is 0 Å². The number of benzene rings is 2. The maximum absolute atomic E-state index is 13.9. The van der Waals surface area contributed by atoms with Gasteiger partial charge < -0.3 is 10.1 Å². The average Bonchev–Trinajstić information content (AvgIpc) is 2.61. The Morgan fingerprint density at radius 3 is 2.62 bits per heavy atom. The van der Waals surface area contributed by atoms with Gasteiger partial charge in [-0.15, -0.1) is 0 Å². The van der Waals surface area contributed by atoms with Crippen molar-refractivity contribution in [2.75, 3.05) is 0 Å². The summed E-state index contributed by atoms with van der Waals surface area (Å²) >= 11 is 6.07. The van der Waals surface area contributed by atoms with E-state index in [9.17, 15) is 4.39 Å². The van der Waals surface area contributed by atoms with Gasteiger partial charge in [0.1, 0.15) is 18.2 Å². The molecule has 0 bridgehead atoms. The van der Waals surface area contributed by atoms with Crippen LogP contribution in [-0.2, 0) is 13.2 Å². The fraction of sp³-hybridized carbons (Fsp3) is 0.400. The first-order valence-electron chi connectivity index (χ1n) is 8.61. The van der Waals surface area contributed by atoms with Crippen LogP contribution in [0.5, 0.6) is 5.75 Å². The van der Waals surface area contributed by atoms with Crippen LogP contribution in [0, 0.1) is 5.82 Å². The quantitative estimate of drug-likeness (QED) is 0.747. The zero-order valence-electron chi connectivity index (χ0n) is 13.7. The summed E-state index contributed by atoms with van der Waals surface area (Å²) in [5, 5.41) is 4.02. The molecular weight excluding hydrogens is 325 g/mol. The van der Waals surface area contributed by atoms with E-state index in [1.165, 1.54) is 38.2 Å². The number of rotatable bonds is 6. The standard InChI is InChI=1S/C20H23ClFNO/c21-18-10-6-11-19(22)17(18)14-24-20-12-5-4-7-15(20)13-23-16-8-2-1-3-9-16/h4-7,10-12,16,23H,1-3,8-9,13-14H2. The van der Waals surface area contributed by atoms with Crippen molar-refractivity contribution >= 4 is 11.6 Å². The number of halogens is 2. The average molecular weight is 348 g/mol. The van der Waals surface area contributed by atoms with Crippen molar-refractivity contribution in [3.8, 4) is 5.75 Å². The minimum absolute atomic E-state index is 0.131. The summed E-state index contributed by atoms with van der Waals surface area (Å²) in [5.74, 6) is 0.445. The fourth-order valence-corrected chi connectivity index (χ4v) is 3.39. The van der Waals surface area contributed by atoms with E-state index in [2.05, 4.69) is 5.32 Å². The second kappa shape index (κ2) is 8.50. The first kappa shape index (κ1) is 17.2. The fourth-order valence-electron chi connectivity index (χ4n) is 3.17. The molecule has 0 unspecified atom stereocenters. The van der Waals surface area contributed by atoms with Gasteiger partial charge in [0, 0.05) is 23.7 Å². The van der Waals surface area contributed by atoms with E-state index >= 15 is 0 Å². The molecule has 1 aliphatic rings. The molecule has 128 valence electrons. The summed E-state index contributed by atoms with van der Waals surface area (Å²) in [6.45, 7) is 0.901. The van der Waals surface area contributed by atoms with Crippen molar-refractivity contribution < 1.29 is 9.13 Å². The Morgan fingerprint density at radius 2 is 1.83 bits per heavy atom. The van der Waals surface area contributed by atoms with Gasteiger partial charge in [-0.1, -0.05) is 55.1 Å². The number of hydrogen-bond donors (Lipinski definition) is 1. The molecule has 0 spiro atoms. The molecule has 0 radical (unpaired) electrons. The van der Waals surface area contributed by atoms with Crippen LogP contribution >= 0.6 is 11.6 Å². The lowest BCUT2D eigenvalue weighted by atomic mass is 9.95. The van der Waals surface area contributed by atoms with Crippen LogP contribution in [0.25, 0.3) is 0 Å². The second-order valence-electron chi connectivity index (χ2n) is 6.31. The summed E-state index contributed by atoms with van der Waals surface area (Å²) in [6.07, 6.45) is 6.45. The lowest BCUT2D eigenvalue weighted by Crippen LogP contribution is -2.30. The van der Waals surface area contributed by atoms with E-state index in [0.717, 1.165) is 17.9 Å². The molecule has 0 aliphatic heterocycles. The highest BCUT2D eigenvalue weighted by Crippen LogP contribution is 2.24. The number of hydrogen-bond acceptors (Lipinski definition) is 2. The van der Waals surface area contributed by atoms with Crippen LogP contribution in [0.4, 0.5) is 4.39 Å². The molecule has 0 atom stereocenters. The highest BCUT2D eigenvalue weighted by Gasteiger charge is 2.14. The SMILES string of the molecule is Fc1cccc(Cl)c1COc1ccccc1CNC1CCCCC1. The molecule has 1 aliphatic carbocycles. The highest BCUT2D eigenvalue weighted by molar-refractivity contribution is 6.31. The van der Waals surface area contributed by atoms with Crippen molar-refractivity contribution in [3.63, 3.8) is 0 Å². The Kier molecular flexibility index (Phi) is 6.11. The van der Waals surface area contributed by atoms with Crippen LogP contribution in [0.2, 0.25) is 5.02 Å². The molecule has 4 heteroatoms. The molecule has 0 amide bonds. The van der Waals surface area contributed by atoms with Gasteiger partial charge in [-0.25, -0.2) is 4.39 Å². The highest BCUT2D eigenvalue weighted by atomic mass is 35.5. The normalized spacial score (nSPS) is 15.4. The second-order valence-corrected chi connectivity index (χ2v) is 6.72. The zero-order valence-corrected chi connectivity index (χ0v) is 14.5. The Balaban J connectivity index is 1.63. The molecule has 2 nitrogen and oxygen atoms in total. The number of nitrogens with one attached hydrogen (secondary N) is 1. The van der Waals surface area contributed by atoms with Gasteiger partial charge in [0.05, 0.1) is 5.02 Å². The van der Waals surface area contributed by atoms with E-state index in [1.54, 1.807) is 12.1 Å². The summed E-state index contributed by atoms with van der Waals surface area (Å²) in [6, 6.07) is 13.2. The largest absolute Gasteiger partial charge is 0.488 e. The number of para-hydroxylation sites is 1. The maximum Gasteiger partial charge on any atom is 0.131 e. The molecule has 0 saturated heterocycles. The molecular formula is C20H23ClFNO. The molecule has 3 rings (SSSR count). The van der Waals surface area contributed by atoms with E-state index < -0.39 is 0 Å². The van der Waals surface area contributed by atoms with Crippen LogP contribution in [-0.4, -0.2) is 6.04 Å². The van der Waals surface area contributed by atoms with E-state index in [0.29, 0.717) is 16.6 Å². The first-order valence-corrected chi connectivity index (χ1v) is 8.99. The Labute approximate surface area is 148 Å². The lowest BCUT2D eigenvalue weighted by molar-refractivity contribution is 0.294. The Hall–Kier alpha value is -1.58. The van der Waals surface area contributed by atoms with Crippen molar-refractivity contribution in [1.29, 1.82) is 0 Å². The van der Waals surface area contributed by atoms with Gasteiger partial charge in [-0.2, -0.15) is 0 Å². The topological polar surface area (TPSA) is 21.3 Å². The van der Waals surface area contributed by atoms with Crippen LogP contribution < -0.4 is 10.1 Å². The molecule has 2 aromatic carbocycles. The van der Waals surface area contributed by atoms with Crippen LogP contribution in [0.1, 0.15) is 43.2 Å². The molecule has 0 heterocycles. The van der Waals surface area contributed by atoms with Gasteiger partial charge in [0.2, 0.25) is 0 Å². The smallest absolute Gasteiger partial charge is 0.131 e. The third kappa shape index (κ3) is 4.49. The molecule has 1 fully saturated rings. The Morgan fingerprint density at radius 1 is 1.04 bits per heavy atom. The van der Waals surface area contributed by atoms with Crippen molar-refractivity contribution in [1.82, 2.24) is 5.32 Å². The van der Waals surface area contributed by atoms with Crippen LogP contribution in [0.15, 0.2) is 42.5 Å². The van der Waals surface area contributed by atoms with E-state index in [1.807, 2.05) is 24.3 Å². The minimum atomic E-state index is -0.333. The van der Waals surface area contributed by atoms with Crippen molar-refractivity contribution in [3.05, 3.63) is 64.4 Å². The zero-order chi connectivity index (χ0) is 16.8. The van der Waals surface area contributed by atoms with Gasteiger partial charge >= 0.3 is 0 Å². The van der Waals surface area contributed by atoms with E-state index in [4.69, 9.17) is 16.3 Å². The van der Waals surface area contributed by atoms with Gasteiger partial charge in [0.15, 0.2) is 0 Å². The lowest BCUT2D eigenvalue weighted by Gasteiger charge is -2.23. The predicted molar refractivity (Wildman–Crippen MR) is 95.9 cm³/mol. The molecule has 2 aromatic rings.